The van der Waals surface area contributed by atoms with Crippen LogP contribution in [-0.2, 0) is 4.79 Å². The van der Waals surface area contributed by atoms with E-state index in [-0.39, 0.29) is 18.6 Å². The molecule has 3 N–H and O–H groups in total. The molecule has 0 bridgehead atoms. The monoisotopic (exact) mass is 326 g/mol. The van der Waals surface area contributed by atoms with Gasteiger partial charge in [0.1, 0.15) is 0 Å². The number of allylic oxidation sites excluding steroid dienone is 1. The maximum absolute atomic E-state index is 10.5. The number of aliphatic hydroxyl groups is 2. The van der Waals surface area contributed by atoms with Crippen LogP contribution in [0.25, 0.3) is 0 Å². The van der Waals surface area contributed by atoms with E-state index >= 15 is 0 Å². The number of carboxylic acid groups (broad SMARTS) is 1. The van der Waals surface area contributed by atoms with Crippen LogP contribution in [0.5, 0.6) is 0 Å². The van der Waals surface area contributed by atoms with Gasteiger partial charge in [0.15, 0.2) is 0 Å². The molecule has 0 heterocycles. The molecule has 0 saturated heterocycles. The maximum atomic E-state index is 10.5. The van der Waals surface area contributed by atoms with Gasteiger partial charge in [0.05, 0.1) is 12.2 Å². The summed E-state index contributed by atoms with van der Waals surface area (Å²) < 4.78 is 0. The number of aliphatic carboxylic acids is 1. The molecule has 4 nitrogen and oxygen atoms in total. The summed E-state index contributed by atoms with van der Waals surface area (Å²) in [5.74, 6) is -0.0487. The summed E-state index contributed by atoms with van der Waals surface area (Å²) in [6, 6.07) is 0. The molecule has 4 atom stereocenters. The topological polar surface area (TPSA) is 77.8 Å². The standard InChI is InChI=1S/C19H34O4/c1-2-3-8-16(20)13-11-15-12-14-18(21)17(15)9-6-4-5-7-10-19(22)23/h11,13,15-18,20-21H,2-10,12,14H2,1H3,(H,22,23)/b13-11+. The van der Waals surface area contributed by atoms with Gasteiger partial charge in [-0.2, -0.15) is 0 Å². The average molecular weight is 326 g/mol. The summed E-state index contributed by atoms with van der Waals surface area (Å²) >= 11 is 0. The molecule has 1 rings (SSSR count). The van der Waals surface area contributed by atoms with Crippen molar-refractivity contribution in [3.8, 4) is 0 Å². The molecule has 1 fully saturated rings. The van der Waals surface area contributed by atoms with Crippen molar-refractivity contribution in [1.29, 1.82) is 0 Å². The van der Waals surface area contributed by atoms with Crippen LogP contribution in [0.1, 0.15) is 77.6 Å². The Balaban J connectivity index is 2.28. The third-order valence-electron chi connectivity index (χ3n) is 4.95. The average Bonchev–Trinajstić information content (AvgIpc) is 2.86. The minimum atomic E-state index is -0.719. The van der Waals surface area contributed by atoms with E-state index in [2.05, 4.69) is 13.0 Å². The Morgan fingerprint density at radius 3 is 2.61 bits per heavy atom. The first-order valence-corrected chi connectivity index (χ1v) is 9.30. The molecule has 0 aromatic carbocycles. The van der Waals surface area contributed by atoms with Gasteiger partial charge in [-0.3, -0.25) is 4.79 Å². The van der Waals surface area contributed by atoms with Gasteiger partial charge in [-0.25, -0.2) is 0 Å². The van der Waals surface area contributed by atoms with Crippen LogP contribution in [0, 0.1) is 11.8 Å². The van der Waals surface area contributed by atoms with Gasteiger partial charge in [0.25, 0.3) is 0 Å². The molecule has 0 spiro atoms. The first kappa shape index (κ1) is 20.2. The van der Waals surface area contributed by atoms with Gasteiger partial charge in [0.2, 0.25) is 0 Å². The summed E-state index contributed by atoms with van der Waals surface area (Å²) in [4.78, 5) is 10.5. The highest BCUT2D eigenvalue weighted by Crippen LogP contribution is 2.36. The summed E-state index contributed by atoms with van der Waals surface area (Å²) in [5.41, 5.74) is 0. The van der Waals surface area contributed by atoms with Crippen LogP contribution in [0.2, 0.25) is 0 Å². The number of hydrogen-bond acceptors (Lipinski definition) is 3. The molecular weight excluding hydrogens is 292 g/mol. The fraction of sp³-hybridized carbons (Fsp3) is 0.842. The van der Waals surface area contributed by atoms with Gasteiger partial charge >= 0.3 is 5.97 Å². The molecule has 0 aromatic heterocycles. The van der Waals surface area contributed by atoms with Crippen molar-refractivity contribution in [3.05, 3.63) is 12.2 Å². The molecule has 1 saturated carbocycles. The maximum Gasteiger partial charge on any atom is 0.303 e. The molecular formula is C19H34O4. The van der Waals surface area contributed by atoms with Crippen LogP contribution in [0.15, 0.2) is 12.2 Å². The number of carboxylic acids is 1. The van der Waals surface area contributed by atoms with Crippen molar-refractivity contribution in [2.24, 2.45) is 11.8 Å². The van der Waals surface area contributed by atoms with Crippen molar-refractivity contribution in [1.82, 2.24) is 0 Å². The SMILES string of the molecule is CCCCC(O)/C=C/C1CCC(O)C1CCCCCCC(=O)O. The third-order valence-corrected chi connectivity index (χ3v) is 4.95. The number of rotatable bonds is 12. The van der Waals surface area contributed by atoms with Gasteiger partial charge in [-0.05, 0) is 43.9 Å². The molecule has 1 aliphatic rings. The molecule has 1 aliphatic carbocycles. The lowest BCUT2D eigenvalue weighted by Gasteiger charge is -2.20. The fourth-order valence-corrected chi connectivity index (χ4v) is 3.51. The van der Waals surface area contributed by atoms with E-state index in [1.54, 1.807) is 0 Å². The Labute approximate surface area is 140 Å². The summed E-state index contributed by atoms with van der Waals surface area (Å²) in [6.07, 6.45) is 13.3. The quantitative estimate of drug-likeness (QED) is 0.375. The van der Waals surface area contributed by atoms with Gasteiger partial charge in [-0.1, -0.05) is 51.2 Å². The van der Waals surface area contributed by atoms with E-state index in [1.807, 2.05) is 6.08 Å². The minimum absolute atomic E-state index is 0.226. The van der Waals surface area contributed by atoms with E-state index in [1.165, 1.54) is 0 Å². The zero-order valence-electron chi connectivity index (χ0n) is 14.5. The Hall–Kier alpha value is -0.870. The predicted octanol–water partition coefficient (Wildman–Crippen LogP) is 3.91. The van der Waals surface area contributed by atoms with Crippen molar-refractivity contribution >= 4 is 5.97 Å². The van der Waals surface area contributed by atoms with Gasteiger partial charge in [-0.15, -0.1) is 0 Å². The Bertz CT molecular complexity index is 353. The molecule has 0 radical (unpaired) electrons. The number of carbonyl (C=O) groups is 1. The van der Waals surface area contributed by atoms with Crippen molar-refractivity contribution in [3.63, 3.8) is 0 Å². The van der Waals surface area contributed by atoms with Crippen LogP contribution < -0.4 is 0 Å². The first-order chi connectivity index (χ1) is 11.0. The van der Waals surface area contributed by atoms with E-state index in [0.717, 1.165) is 64.2 Å². The number of aliphatic hydroxyl groups excluding tert-OH is 2. The first-order valence-electron chi connectivity index (χ1n) is 9.30. The van der Waals surface area contributed by atoms with E-state index in [0.29, 0.717) is 11.8 Å². The lowest BCUT2D eigenvalue weighted by molar-refractivity contribution is -0.137. The van der Waals surface area contributed by atoms with Crippen LogP contribution >= 0.6 is 0 Å². The van der Waals surface area contributed by atoms with E-state index in [9.17, 15) is 15.0 Å². The van der Waals surface area contributed by atoms with Crippen LogP contribution in [0.4, 0.5) is 0 Å². The normalized spacial score (nSPS) is 26.0. The number of hydrogen-bond donors (Lipinski definition) is 3. The fourth-order valence-electron chi connectivity index (χ4n) is 3.51. The molecule has 134 valence electrons. The second-order valence-corrected chi connectivity index (χ2v) is 6.91. The van der Waals surface area contributed by atoms with Crippen molar-refractivity contribution < 1.29 is 20.1 Å². The van der Waals surface area contributed by atoms with E-state index in [4.69, 9.17) is 5.11 Å². The van der Waals surface area contributed by atoms with Crippen molar-refractivity contribution in [2.75, 3.05) is 0 Å². The lowest BCUT2D eigenvalue weighted by atomic mass is 9.88. The Morgan fingerprint density at radius 1 is 1.17 bits per heavy atom. The molecule has 4 heteroatoms. The molecule has 0 aromatic rings. The molecule has 23 heavy (non-hydrogen) atoms. The lowest BCUT2D eigenvalue weighted by Crippen LogP contribution is -2.18. The van der Waals surface area contributed by atoms with Crippen molar-refractivity contribution in [2.45, 2.75) is 89.8 Å². The van der Waals surface area contributed by atoms with Crippen LogP contribution in [-0.4, -0.2) is 33.5 Å². The van der Waals surface area contributed by atoms with Crippen LogP contribution in [0.3, 0.4) is 0 Å². The highest BCUT2D eigenvalue weighted by atomic mass is 16.4. The third kappa shape index (κ3) is 8.52. The second kappa shape index (κ2) is 11.6. The largest absolute Gasteiger partial charge is 0.481 e. The zero-order chi connectivity index (χ0) is 17.1. The summed E-state index contributed by atoms with van der Waals surface area (Å²) in [5, 5.41) is 28.7. The van der Waals surface area contributed by atoms with Gasteiger partial charge < -0.3 is 15.3 Å². The zero-order valence-corrected chi connectivity index (χ0v) is 14.5. The second-order valence-electron chi connectivity index (χ2n) is 6.91. The predicted molar refractivity (Wildman–Crippen MR) is 92.2 cm³/mol. The summed E-state index contributed by atoms with van der Waals surface area (Å²) in [7, 11) is 0. The van der Waals surface area contributed by atoms with Gasteiger partial charge in [0, 0.05) is 6.42 Å². The minimum Gasteiger partial charge on any atom is -0.481 e. The Morgan fingerprint density at radius 2 is 1.91 bits per heavy atom. The smallest absolute Gasteiger partial charge is 0.303 e. The Kier molecular flexibility index (Phi) is 10.2. The molecule has 0 aliphatic heterocycles. The highest BCUT2D eigenvalue weighted by Gasteiger charge is 2.32. The molecule has 0 amide bonds. The molecule has 4 unspecified atom stereocenters. The van der Waals surface area contributed by atoms with E-state index < -0.39 is 5.97 Å². The number of unbranched alkanes of at least 4 members (excludes halogenated alkanes) is 4. The summed E-state index contributed by atoms with van der Waals surface area (Å²) in [6.45, 7) is 2.12. The highest BCUT2D eigenvalue weighted by molar-refractivity contribution is 5.66.